The maximum atomic E-state index is 12.2. The van der Waals surface area contributed by atoms with Crippen molar-refractivity contribution in [3.63, 3.8) is 0 Å². The third-order valence-electron chi connectivity index (χ3n) is 3.79. The fourth-order valence-electron chi connectivity index (χ4n) is 2.49. The predicted octanol–water partition coefficient (Wildman–Crippen LogP) is 2.82. The maximum Gasteiger partial charge on any atom is 0.238 e. The highest BCUT2D eigenvalue weighted by atomic mass is 16.5. The number of rotatable bonds is 7. The summed E-state index contributed by atoms with van der Waals surface area (Å²) < 4.78 is 5.25. The number of nitrogens with one attached hydrogen (secondary N) is 2. The molecule has 26 heavy (non-hydrogen) atoms. The molecule has 2 N–H and O–H groups in total. The smallest absolute Gasteiger partial charge is 0.238 e. The third-order valence-corrected chi connectivity index (χ3v) is 3.79. The van der Waals surface area contributed by atoms with Gasteiger partial charge in [-0.25, -0.2) is 0 Å². The molecule has 0 aliphatic rings. The second-order valence-corrected chi connectivity index (χ2v) is 6.34. The number of carbonyl (C=O) groups is 2. The van der Waals surface area contributed by atoms with Gasteiger partial charge >= 0.3 is 0 Å². The van der Waals surface area contributed by atoms with E-state index >= 15 is 0 Å². The Kier molecular flexibility index (Phi) is 6.74. The molecule has 2 aromatic rings. The molecule has 0 fully saturated rings. The van der Waals surface area contributed by atoms with Crippen LogP contribution in [0.3, 0.4) is 0 Å². The summed E-state index contributed by atoms with van der Waals surface area (Å²) in [5, 5.41) is 5.64. The Bertz CT molecular complexity index is 772. The first-order chi connectivity index (χ1) is 12.4. The molecular weight excluding hydrogens is 330 g/mol. The third kappa shape index (κ3) is 5.89. The number of anilines is 2. The molecule has 0 aliphatic carbocycles. The van der Waals surface area contributed by atoms with Crippen LogP contribution in [-0.4, -0.2) is 44.0 Å². The minimum Gasteiger partial charge on any atom is -0.495 e. The van der Waals surface area contributed by atoms with E-state index in [0.717, 1.165) is 16.8 Å². The number of hydrogen-bond acceptors (Lipinski definition) is 4. The van der Waals surface area contributed by atoms with Crippen LogP contribution >= 0.6 is 0 Å². The summed E-state index contributed by atoms with van der Waals surface area (Å²) >= 11 is 0. The van der Waals surface area contributed by atoms with E-state index in [1.165, 1.54) is 0 Å². The lowest BCUT2D eigenvalue weighted by Crippen LogP contribution is -2.36. The van der Waals surface area contributed by atoms with Crippen molar-refractivity contribution < 1.29 is 14.3 Å². The Labute approximate surface area is 154 Å². The van der Waals surface area contributed by atoms with Crippen molar-refractivity contribution in [3.05, 3.63) is 53.6 Å². The van der Waals surface area contributed by atoms with Crippen LogP contribution in [0.25, 0.3) is 0 Å². The first kappa shape index (κ1) is 19.5. The first-order valence-electron chi connectivity index (χ1n) is 8.37. The zero-order valence-electron chi connectivity index (χ0n) is 15.6. The minimum absolute atomic E-state index is 0.0956. The number of likely N-dealkylation sites (N-methyl/N-ethyl adjacent to an activating group) is 1. The fraction of sp³-hybridized carbons (Fsp3) is 0.300. The number of ether oxygens (including phenoxy) is 1. The van der Waals surface area contributed by atoms with E-state index in [1.54, 1.807) is 19.1 Å². The van der Waals surface area contributed by atoms with Crippen molar-refractivity contribution >= 4 is 23.2 Å². The van der Waals surface area contributed by atoms with Crippen molar-refractivity contribution in [2.24, 2.45) is 0 Å². The van der Waals surface area contributed by atoms with Gasteiger partial charge in [0.2, 0.25) is 11.8 Å². The Hall–Kier alpha value is -2.86. The van der Waals surface area contributed by atoms with Crippen LogP contribution in [0.5, 0.6) is 5.75 Å². The van der Waals surface area contributed by atoms with Gasteiger partial charge in [0.15, 0.2) is 0 Å². The molecule has 0 radical (unpaired) electrons. The lowest BCUT2D eigenvalue weighted by atomic mass is 10.2. The zero-order valence-corrected chi connectivity index (χ0v) is 15.6. The number of amides is 2. The topological polar surface area (TPSA) is 70.7 Å². The molecule has 6 heteroatoms. The summed E-state index contributed by atoms with van der Waals surface area (Å²) in [4.78, 5) is 26.0. The minimum atomic E-state index is -0.209. The van der Waals surface area contributed by atoms with E-state index in [-0.39, 0.29) is 24.9 Å². The lowest BCUT2D eigenvalue weighted by Gasteiger charge is -2.17. The van der Waals surface area contributed by atoms with Gasteiger partial charge in [-0.2, -0.15) is 0 Å². The normalized spacial score (nSPS) is 10.5. The van der Waals surface area contributed by atoms with E-state index in [0.29, 0.717) is 11.4 Å². The Balaban J connectivity index is 1.86. The largest absolute Gasteiger partial charge is 0.495 e. The second-order valence-electron chi connectivity index (χ2n) is 6.34. The van der Waals surface area contributed by atoms with E-state index in [9.17, 15) is 9.59 Å². The molecule has 0 atom stereocenters. The second kappa shape index (κ2) is 9.01. The molecule has 0 bridgehead atoms. The van der Waals surface area contributed by atoms with Crippen LogP contribution in [0, 0.1) is 13.8 Å². The van der Waals surface area contributed by atoms with E-state index in [2.05, 4.69) is 10.6 Å². The molecule has 2 rings (SSSR count). The molecule has 0 aliphatic heterocycles. The molecule has 6 nitrogen and oxygen atoms in total. The van der Waals surface area contributed by atoms with Crippen LogP contribution in [-0.2, 0) is 9.59 Å². The highest BCUT2D eigenvalue weighted by Crippen LogP contribution is 2.25. The van der Waals surface area contributed by atoms with Gasteiger partial charge in [0.25, 0.3) is 0 Å². The predicted molar refractivity (Wildman–Crippen MR) is 104 cm³/mol. The van der Waals surface area contributed by atoms with Crippen LogP contribution in [0.15, 0.2) is 42.5 Å². The summed E-state index contributed by atoms with van der Waals surface area (Å²) in [7, 11) is 3.28. The fourth-order valence-corrected chi connectivity index (χ4v) is 2.49. The Morgan fingerprint density at radius 1 is 0.923 bits per heavy atom. The van der Waals surface area contributed by atoms with Crippen LogP contribution in [0.2, 0.25) is 0 Å². The van der Waals surface area contributed by atoms with Crippen molar-refractivity contribution in [1.82, 2.24) is 4.90 Å². The highest BCUT2D eigenvalue weighted by Gasteiger charge is 2.13. The SMILES string of the molecule is COc1ccc(C)cc1NC(=O)CN(C)CC(=O)Nc1ccc(C)cc1. The van der Waals surface area contributed by atoms with Gasteiger partial charge in [0.1, 0.15) is 5.75 Å². The van der Waals surface area contributed by atoms with Crippen molar-refractivity contribution in [3.8, 4) is 5.75 Å². The van der Waals surface area contributed by atoms with Gasteiger partial charge in [-0.15, -0.1) is 0 Å². The molecule has 0 saturated heterocycles. The molecule has 2 amide bonds. The molecular formula is C20H25N3O3. The molecule has 0 spiro atoms. The molecule has 2 aromatic carbocycles. The average Bonchev–Trinajstić information content (AvgIpc) is 2.56. The summed E-state index contributed by atoms with van der Waals surface area (Å²) in [6.45, 7) is 4.14. The molecule has 0 aromatic heterocycles. The average molecular weight is 355 g/mol. The van der Waals surface area contributed by atoms with Gasteiger partial charge in [-0.1, -0.05) is 23.8 Å². The first-order valence-corrected chi connectivity index (χ1v) is 8.37. The number of carbonyl (C=O) groups excluding carboxylic acids is 2. The lowest BCUT2D eigenvalue weighted by molar-refractivity contribution is -0.119. The van der Waals surface area contributed by atoms with Crippen molar-refractivity contribution in [2.45, 2.75) is 13.8 Å². The summed E-state index contributed by atoms with van der Waals surface area (Å²) in [6, 6.07) is 13.1. The number of aryl methyl sites for hydroxylation is 2. The van der Waals surface area contributed by atoms with Gasteiger partial charge in [0.05, 0.1) is 25.9 Å². The number of benzene rings is 2. The number of methoxy groups -OCH3 is 1. The quantitative estimate of drug-likeness (QED) is 0.801. The summed E-state index contributed by atoms with van der Waals surface area (Å²) in [5.41, 5.74) is 3.51. The molecule has 0 heterocycles. The molecule has 0 saturated carbocycles. The van der Waals surface area contributed by atoms with Gasteiger partial charge in [-0.05, 0) is 50.7 Å². The van der Waals surface area contributed by atoms with E-state index < -0.39 is 0 Å². The van der Waals surface area contributed by atoms with Crippen LogP contribution in [0.1, 0.15) is 11.1 Å². The summed E-state index contributed by atoms with van der Waals surface area (Å²) in [6.07, 6.45) is 0. The Morgan fingerprint density at radius 2 is 1.50 bits per heavy atom. The Morgan fingerprint density at radius 3 is 2.12 bits per heavy atom. The van der Waals surface area contributed by atoms with Crippen LogP contribution in [0.4, 0.5) is 11.4 Å². The van der Waals surface area contributed by atoms with E-state index in [4.69, 9.17) is 4.74 Å². The maximum absolute atomic E-state index is 12.2. The van der Waals surface area contributed by atoms with Gasteiger partial charge in [0, 0.05) is 5.69 Å². The standard InChI is InChI=1S/C20H25N3O3/c1-14-5-8-16(9-6-14)21-19(24)12-23(3)13-20(25)22-17-11-15(2)7-10-18(17)26-4/h5-11H,12-13H2,1-4H3,(H,21,24)(H,22,25). The van der Waals surface area contributed by atoms with Gasteiger partial charge < -0.3 is 15.4 Å². The molecule has 138 valence electrons. The van der Waals surface area contributed by atoms with Crippen molar-refractivity contribution in [1.29, 1.82) is 0 Å². The summed E-state index contributed by atoms with van der Waals surface area (Å²) in [5.74, 6) is 0.223. The zero-order chi connectivity index (χ0) is 19.1. The molecule has 0 unspecified atom stereocenters. The number of nitrogens with zero attached hydrogens (tertiary/aromatic N) is 1. The van der Waals surface area contributed by atoms with E-state index in [1.807, 2.05) is 56.3 Å². The highest BCUT2D eigenvalue weighted by molar-refractivity contribution is 5.95. The monoisotopic (exact) mass is 355 g/mol. The van der Waals surface area contributed by atoms with Crippen LogP contribution < -0.4 is 15.4 Å². The number of hydrogen-bond donors (Lipinski definition) is 2. The van der Waals surface area contributed by atoms with Crippen molar-refractivity contribution in [2.75, 3.05) is 37.9 Å². The van der Waals surface area contributed by atoms with Gasteiger partial charge in [-0.3, -0.25) is 14.5 Å².